The molecule has 0 spiro atoms. The Labute approximate surface area is 102 Å². The summed E-state index contributed by atoms with van der Waals surface area (Å²) in [4.78, 5) is 0. The molecule has 1 aromatic carbocycles. The summed E-state index contributed by atoms with van der Waals surface area (Å²) in [5, 5.41) is 10.4. The lowest BCUT2D eigenvalue weighted by Crippen LogP contribution is -2.29. The maximum absolute atomic E-state index is 12.8. The van der Waals surface area contributed by atoms with Gasteiger partial charge in [0.1, 0.15) is 5.82 Å². The van der Waals surface area contributed by atoms with Crippen LogP contribution in [0.3, 0.4) is 0 Å². The largest absolute Gasteiger partial charge is 0.385 e. The van der Waals surface area contributed by atoms with E-state index < -0.39 is 5.60 Å². The van der Waals surface area contributed by atoms with Crippen molar-refractivity contribution in [3.8, 4) is 0 Å². The zero-order valence-corrected chi connectivity index (χ0v) is 11.0. The Morgan fingerprint density at radius 2 is 1.65 bits per heavy atom. The maximum Gasteiger partial charge on any atom is 0.123 e. The lowest BCUT2D eigenvalue weighted by molar-refractivity contribution is -0.0211. The molecule has 0 aliphatic heterocycles. The van der Waals surface area contributed by atoms with Gasteiger partial charge in [-0.15, -0.1) is 0 Å². The predicted octanol–water partition coefficient (Wildman–Crippen LogP) is 3.24. The number of rotatable bonds is 5. The summed E-state index contributed by atoms with van der Waals surface area (Å²) in [6.07, 6.45) is 1.30. The van der Waals surface area contributed by atoms with Crippen LogP contribution in [-0.4, -0.2) is 17.8 Å². The Balaban J connectivity index is 2.71. The molecule has 0 fully saturated rings. The van der Waals surface area contributed by atoms with Crippen molar-refractivity contribution in [3.63, 3.8) is 0 Å². The van der Waals surface area contributed by atoms with Crippen LogP contribution in [0.4, 0.5) is 4.39 Å². The van der Waals surface area contributed by atoms with Crippen molar-refractivity contribution in [2.24, 2.45) is 0 Å². The molecule has 2 nitrogen and oxygen atoms in total. The highest BCUT2D eigenvalue weighted by molar-refractivity contribution is 5.22. The molecular formula is C14H21FO2. The number of aliphatic hydroxyl groups is 1. The van der Waals surface area contributed by atoms with E-state index in [4.69, 9.17) is 4.74 Å². The third-order valence-corrected chi connectivity index (χ3v) is 3.23. The average Bonchev–Trinajstić information content (AvgIpc) is 2.27. The Morgan fingerprint density at radius 3 is 2.12 bits per heavy atom. The van der Waals surface area contributed by atoms with Gasteiger partial charge in [-0.2, -0.15) is 0 Å². The summed E-state index contributed by atoms with van der Waals surface area (Å²) in [6, 6.07) is 5.97. The second-order valence-electron chi connectivity index (χ2n) is 5.24. The van der Waals surface area contributed by atoms with Gasteiger partial charge in [-0.05, 0) is 51.3 Å². The van der Waals surface area contributed by atoms with E-state index >= 15 is 0 Å². The van der Waals surface area contributed by atoms with Crippen LogP contribution in [-0.2, 0) is 10.3 Å². The fourth-order valence-electron chi connectivity index (χ4n) is 1.60. The normalized spacial score (nSPS) is 15.6. The minimum atomic E-state index is -0.955. The van der Waals surface area contributed by atoms with E-state index in [2.05, 4.69) is 0 Å². The van der Waals surface area contributed by atoms with Crippen molar-refractivity contribution in [3.05, 3.63) is 35.6 Å². The zero-order valence-electron chi connectivity index (χ0n) is 11.0. The molecule has 0 saturated heterocycles. The van der Waals surface area contributed by atoms with Crippen LogP contribution >= 0.6 is 0 Å². The second kappa shape index (κ2) is 5.15. The molecule has 1 atom stereocenters. The number of benzene rings is 1. The van der Waals surface area contributed by atoms with Crippen LogP contribution in [0, 0.1) is 5.82 Å². The quantitative estimate of drug-likeness (QED) is 0.856. The molecule has 0 aromatic heterocycles. The number of methoxy groups -OCH3 is 1. The molecular weight excluding hydrogens is 219 g/mol. The number of halogens is 1. The van der Waals surface area contributed by atoms with Gasteiger partial charge in [0, 0.05) is 7.11 Å². The van der Waals surface area contributed by atoms with Crippen LogP contribution in [0.15, 0.2) is 24.3 Å². The van der Waals surface area contributed by atoms with Gasteiger partial charge in [-0.3, -0.25) is 0 Å². The third-order valence-electron chi connectivity index (χ3n) is 3.23. The van der Waals surface area contributed by atoms with Gasteiger partial charge >= 0.3 is 0 Å². The molecule has 0 aliphatic rings. The van der Waals surface area contributed by atoms with Crippen molar-refractivity contribution in [1.82, 2.24) is 0 Å². The molecule has 0 aliphatic carbocycles. The molecule has 0 saturated carbocycles. The van der Waals surface area contributed by atoms with Crippen LogP contribution in [0.2, 0.25) is 0 Å². The molecule has 0 bridgehead atoms. The van der Waals surface area contributed by atoms with Gasteiger partial charge in [0.15, 0.2) is 0 Å². The lowest BCUT2D eigenvalue weighted by atomic mass is 9.87. The monoisotopic (exact) mass is 240 g/mol. The molecule has 96 valence electrons. The molecule has 0 radical (unpaired) electrons. The van der Waals surface area contributed by atoms with Gasteiger partial charge < -0.3 is 9.84 Å². The number of hydrogen-bond donors (Lipinski definition) is 1. The van der Waals surface area contributed by atoms with Gasteiger partial charge in [0.25, 0.3) is 0 Å². The number of hydrogen-bond acceptors (Lipinski definition) is 2. The van der Waals surface area contributed by atoms with E-state index in [0.717, 1.165) is 12.0 Å². The van der Waals surface area contributed by atoms with E-state index in [1.165, 1.54) is 12.1 Å². The van der Waals surface area contributed by atoms with E-state index in [1.54, 1.807) is 26.2 Å². The first-order valence-corrected chi connectivity index (χ1v) is 5.80. The van der Waals surface area contributed by atoms with Gasteiger partial charge in [0.2, 0.25) is 0 Å². The third kappa shape index (κ3) is 4.10. The average molecular weight is 240 g/mol. The SMILES string of the molecule is COC(C)(C)CCC(C)(O)c1ccc(F)cc1. The van der Waals surface area contributed by atoms with E-state index in [-0.39, 0.29) is 11.4 Å². The summed E-state index contributed by atoms with van der Waals surface area (Å²) in [6.45, 7) is 5.70. The van der Waals surface area contributed by atoms with Crippen molar-refractivity contribution < 1.29 is 14.2 Å². The van der Waals surface area contributed by atoms with Crippen molar-refractivity contribution >= 4 is 0 Å². The zero-order chi connectivity index (χ0) is 13.1. The Hall–Kier alpha value is -0.930. The molecule has 1 rings (SSSR count). The van der Waals surface area contributed by atoms with Gasteiger partial charge in [0.05, 0.1) is 11.2 Å². The molecule has 1 N–H and O–H groups in total. The summed E-state index contributed by atoms with van der Waals surface area (Å²) >= 11 is 0. The fourth-order valence-corrected chi connectivity index (χ4v) is 1.60. The highest BCUT2D eigenvalue weighted by Gasteiger charge is 2.27. The molecule has 0 amide bonds. The smallest absolute Gasteiger partial charge is 0.123 e. The lowest BCUT2D eigenvalue weighted by Gasteiger charge is -2.29. The maximum atomic E-state index is 12.8. The predicted molar refractivity (Wildman–Crippen MR) is 66.3 cm³/mol. The Bertz CT molecular complexity index is 355. The minimum Gasteiger partial charge on any atom is -0.385 e. The highest BCUT2D eigenvalue weighted by atomic mass is 19.1. The molecule has 17 heavy (non-hydrogen) atoms. The van der Waals surface area contributed by atoms with Gasteiger partial charge in [-0.1, -0.05) is 12.1 Å². The van der Waals surface area contributed by atoms with E-state index in [0.29, 0.717) is 6.42 Å². The minimum absolute atomic E-state index is 0.260. The Kier molecular flexibility index (Phi) is 4.28. The second-order valence-corrected chi connectivity index (χ2v) is 5.24. The summed E-state index contributed by atoms with van der Waals surface area (Å²) in [5.74, 6) is -0.290. The molecule has 1 aromatic rings. The van der Waals surface area contributed by atoms with Gasteiger partial charge in [-0.25, -0.2) is 4.39 Å². The van der Waals surface area contributed by atoms with Crippen LogP contribution in [0.25, 0.3) is 0 Å². The van der Waals surface area contributed by atoms with Crippen LogP contribution < -0.4 is 0 Å². The van der Waals surface area contributed by atoms with Crippen LogP contribution in [0.5, 0.6) is 0 Å². The fraction of sp³-hybridized carbons (Fsp3) is 0.571. The highest BCUT2D eigenvalue weighted by Crippen LogP contribution is 2.29. The van der Waals surface area contributed by atoms with E-state index in [1.807, 2.05) is 13.8 Å². The molecule has 0 heterocycles. The van der Waals surface area contributed by atoms with Crippen molar-refractivity contribution in [1.29, 1.82) is 0 Å². The topological polar surface area (TPSA) is 29.5 Å². The number of ether oxygens (including phenoxy) is 1. The first kappa shape index (κ1) is 14.1. The summed E-state index contributed by atoms with van der Waals surface area (Å²) < 4.78 is 18.1. The summed E-state index contributed by atoms with van der Waals surface area (Å²) in [7, 11) is 1.66. The van der Waals surface area contributed by atoms with Crippen LogP contribution in [0.1, 0.15) is 39.2 Å². The van der Waals surface area contributed by atoms with E-state index in [9.17, 15) is 9.50 Å². The standard InChI is InChI=1S/C14H21FO2/c1-13(2,17-4)9-10-14(3,16)11-5-7-12(15)8-6-11/h5-8,16H,9-10H2,1-4H3. The van der Waals surface area contributed by atoms with Crippen molar-refractivity contribution in [2.45, 2.75) is 44.8 Å². The molecule has 3 heteroatoms. The first-order chi connectivity index (χ1) is 7.77. The first-order valence-electron chi connectivity index (χ1n) is 5.80. The Morgan fingerprint density at radius 1 is 1.12 bits per heavy atom. The summed E-state index contributed by atoms with van der Waals surface area (Å²) in [5.41, 5.74) is -0.487. The molecule has 1 unspecified atom stereocenters. The van der Waals surface area contributed by atoms with Crippen molar-refractivity contribution in [2.75, 3.05) is 7.11 Å².